The molecule has 16 heavy (non-hydrogen) atoms. The smallest absolute Gasteiger partial charge is 0.0635 e. The van der Waals surface area contributed by atoms with Crippen molar-refractivity contribution in [1.82, 2.24) is 10.2 Å². The summed E-state index contributed by atoms with van der Waals surface area (Å²) in [6.07, 6.45) is 4.49. The molecule has 4 nitrogen and oxygen atoms in total. The molecule has 4 heteroatoms. The lowest BCUT2D eigenvalue weighted by Gasteiger charge is -2.30. The van der Waals surface area contributed by atoms with Gasteiger partial charge in [0.2, 0.25) is 0 Å². The lowest BCUT2D eigenvalue weighted by atomic mass is 10.0. The van der Waals surface area contributed by atoms with Gasteiger partial charge in [-0.2, -0.15) is 5.26 Å². The number of nitrogens with one attached hydrogen (secondary N) is 1. The summed E-state index contributed by atoms with van der Waals surface area (Å²) in [5.41, 5.74) is 0. The number of rotatable bonds is 7. The summed E-state index contributed by atoms with van der Waals surface area (Å²) < 4.78 is 5.10. The van der Waals surface area contributed by atoms with E-state index in [1.165, 1.54) is 19.3 Å². The number of hydrogen-bond donors (Lipinski definition) is 1. The van der Waals surface area contributed by atoms with Gasteiger partial charge in [-0.25, -0.2) is 0 Å². The summed E-state index contributed by atoms with van der Waals surface area (Å²) in [6, 6.07) is 2.81. The van der Waals surface area contributed by atoms with Gasteiger partial charge >= 0.3 is 0 Å². The van der Waals surface area contributed by atoms with E-state index in [1.54, 1.807) is 7.11 Å². The minimum absolute atomic E-state index is 0.601. The molecule has 1 rings (SSSR count). The van der Waals surface area contributed by atoms with Crippen molar-refractivity contribution in [3.05, 3.63) is 0 Å². The van der Waals surface area contributed by atoms with Gasteiger partial charge in [0.25, 0.3) is 0 Å². The molecule has 0 bridgehead atoms. The molecule has 1 fully saturated rings. The zero-order chi connectivity index (χ0) is 11.6. The lowest BCUT2D eigenvalue weighted by Crippen LogP contribution is -2.44. The maximum Gasteiger partial charge on any atom is 0.0635 e. The van der Waals surface area contributed by atoms with Crippen LogP contribution in [0.1, 0.15) is 25.7 Å². The van der Waals surface area contributed by atoms with Crippen LogP contribution in [0.15, 0.2) is 0 Å². The molecule has 1 unspecified atom stereocenters. The first-order chi connectivity index (χ1) is 7.86. The predicted molar refractivity (Wildman–Crippen MR) is 64.2 cm³/mol. The van der Waals surface area contributed by atoms with E-state index >= 15 is 0 Å². The Kier molecular flexibility index (Phi) is 7.15. The molecule has 0 saturated carbocycles. The van der Waals surface area contributed by atoms with Crippen LogP contribution in [0.3, 0.4) is 0 Å². The van der Waals surface area contributed by atoms with Crippen molar-refractivity contribution in [3.63, 3.8) is 0 Å². The molecule has 0 radical (unpaired) electrons. The molecule has 1 heterocycles. The Morgan fingerprint density at radius 1 is 1.44 bits per heavy atom. The highest BCUT2D eigenvalue weighted by atomic mass is 16.5. The molecule has 1 atom stereocenters. The van der Waals surface area contributed by atoms with Gasteiger partial charge in [-0.15, -0.1) is 0 Å². The maximum atomic E-state index is 8.62. The Morgan fingerprint density at radius 3 is 2.94 bits per heavy atom. The predicted octanol–water partition coefficient (Wildman–Crippen LogP) is 0.991. The van der Waals surface area contributed by atoms with E-state index in [4.69, 9.17) is 10.00 Å². The molecule has 1 N–H and O–H groups in total. The standard InChI is InChI=1S/C12H23N3O/c1-16-10-9-15(8-4-6-13)11-12-5-2-3-7-14-12/h12,14H,2-5,7-11H2,1H3. The number of methoxy groups -OCH3 is 1. The molecule has 0 aromatic carbocycles. The molecule has 1 aliphatic rings. The molecule has 0 spiro atoms. The van der Waals surface area contributed by atoms with Gasteiger partial charge in [-0.1, -0.05) is 6.42 Å². The van der Waals surface area contributed by atoms with Crippen LogP contribution in [0.25, 0.3) is 0 Å². The average molecular weight is 225 g/mol. The van der Waals surface area contributed by atoms with Crippen molar-refractivity contribution < 1.29 is 4.74 Å². The normalized spacial score (nSPS) is 20.9. The third kappa shape index (κ3) is 5.45. The molecular formula is C12H23N3O. The van der Waals surface area contributed by atoms with Crippen molar-refractivity contribution >= 4 is 0 Å². The number of hydrogen-bond acceptors (Lipinski definition) is 4. The molecule has 0 aromatic heterocycles. The van der Waals surface area contributed by atoms with E-state index in [9.17, 15) is 0 Å². The Morgan fingerprint density at radius 2 is 2.31 bits per heavy atom. The average Bonchev–Trinajstić information content (AvgIpc) is 2.34. The summed E-state index contributed by atoms with van der Waals surface area (Å²) in [4.78, 5) is 2.33. The van der Waals surface area contributed by atoms with E-state index in [0.717, 1.165) is 32.8 Å². The van der Waals surface area contributed by atoms with Gasteiger partial charge in [0, 0.05) is 39.2 Å². The van der Waals surface area contributed by atoms with E-state index < -0.39 is 0 Å². The maximum absolute atomic E-state index is 8.62. The number of nitrogens with zero attached hydrogens (tertiary/aromatic N) is 2. The molecule has 0 amide bonds. The van der Waals surface area contributed by atoms with Crippen LogP contribution in [-0.4, -0.2) is 50.8 Å². The second-order valence-corrected chi connectivity index (χ2v) is 4.35. The van der Waals surface area contributed by atoms with Gasteiger partial charge in [-0.05, 0) is 19.4 Å². The third-order valence-electron chi connectivity index (χ3n) is 3.04. The van der Waals surface area contributed by atoms with Crippen molar-refractivity contribution in [2.24, 2.45) is 0 Å². The van der Waals surface area contributed by atoms with Crippen LogP contribution in [0.2, 0.25) is 0 Å². The van der Waals surface area contributed by atoms with Crippen LogP contribution in [0, 0.1) is 11.3 Å². The summed E-state index contributed by atoms with van der Waals surface area (Å²) in [5.74, 6) is 0. The fraction of sp³-hybridized carbons (Fsp3) is 0.917. The minimum Gasteiger partial charge on any atom is -0.383 e. The largest absolute Gasteiger partial charge is 0.383 e. The molecule has 0 aromatic rings. The van der Waals surface area contributed by atoms with E-state index in [2.05, 4.69) is 16.3 Å². The van der Waals surface area contributed by atoms with Crippen LogP contribution < -0.4 is 5.32 Å². The van der Waals surface area contributed by atoms with E-state index in [-0.39, 0.29) is 0 Å². The monoisotopic (exact) mass is 225 g/mol. The molecule has 1 aliphatic heterocycles. The summed E-state index contributed by atoms with van der Waals surface area (Å²) in [7, 11) is 1.72. The lowest BCUT2D eigenvalue weighted by molar-refractivity contribution is 0.138. The van der Waals surface area contributed by atoms with E-state index in [1.807, 2.05) is 0 Å². The number of piperidine rings is 1. The fourth-order valence-corrected chi connectivity index (χ4v) is 2.11. The Bertz CT molecular complexity index is 209. The molecule has 92 valence electrons. The zero-order valence-electron chi connectivity index (χ0n) is 10.2. The topological polar surface area (TPSA) is 48.3 Å². The van der Waals surface area contributed by atoms with Gasteiger partial charge in [-0.3, -0.25) is 4.90 Å². The second kappa shape index (κ2) is 8.51. The Labute approximate surface area is 98.6 Å². The molecule has 0 aliphatic carbocycles. The molecule has 1 saturated heterocycles. The van der Waals surface area contributed by atoms with Gasteiger partial charge < -0.3 is 10.1 Å². The van der Waals surface area contributed by atoms with Crippen LogP contribution in [-0.2, 0) is 4.74 Å². The van der Waals surface area contributed by atoms with Crippen LogP contribution in [0.4, 0.5) is 0 Å². The number of nitriles is 1. The summed E-state index contributed by atoms with van der Waals surface area (Å²) in [5, 5.41) is 12.2. The first kappa shape index (κ1) is 13.4. The Hall–Kier alpha value is -0.630. The van der Waals surface area contributed by atoms with Crippen molar-refractivity contribution in [3.8, 4) is 6.07 Å². The van der Waals surface area contributed by atoms with Gasteiger partial charge in [0.15, 0.2) is 0 Å². The van der Waals surface area contributed by atoms with Crippen LogP contribution in [0.5, 0.6) is 0 Å². The Balaban J connectivity index is 2.26. The highest BCUT2D eigenvalue weighted by molar-refractivity contribution is 4.78. The first-order valence-corrected chi connectivity index (χ1v) is 6.18. The summed E-state index contributed by atoms with van der Waals surface area (Å²) >= 11 is 0. The number of ether oxygens (including phenoxy) is 1. The van der Waals surface area contributed by atoms with Gasteiger partial charge in [0.1, 0.15) is 0 Å². The molecular weight excluding hydrogens is 202 g/mol. The minimum atomic E-state index is 0.601. The summed E-state index contributed by atoms with van der Waals surface area (Å²) in [6.45, 7) is 4.72. The highest BCUT2D eigenvalue weighted by Gasteiger charge is 2.16. The SMILES string of the molecule is COCCN(CCC#N)CC1CCCCN1. The van der Waals surface area contributed by atoms with Crippen molar-refractivity contribution in [2.45, 2.75) is 31.7 Å². The third-order valence-corrected chi connectivity index (χ3v) is 3.04. The van der Waals surface area contributed by atoms with Crippen molar-refractivity contribution in [1.29, 1.82) is 5.26 Å². The van der Waals surface area contributed by atoms with E-state index in [0.29, 0.717) is 12.5 Å². The van der Waals surface area contributed by atoms with Gasteiger partial charge in [0.05, 0.1) is 12.7 Å². The fourth-order valence-electron chi connectivity index (χ4n) is 2.11. The zero-order valence-corrected chi connectivity index (χ0v) is 10.2. The van der Waals surface area contributed by atoms with Crippen molar-refractivity contribution in [2.75, 3.05) is 39.9 Å². The van der Waals surface area contributed by atoms with Crippen LogP contribution >= 0.6 is 0 Å². The second-order valence-electron chi connectivity index (χ2n) is 4.35. The quantitative estimate of drug-likeness (QED) is 0.702. The highest BCUT2D eigenvalue weighted by Crippen LogP contribution is 2.08. The first-order valence-electron chi connectivity index (χ1n) is 6.18.